The fourth-order valence-electron chi connectivity index (χ4n) is 1.39. The summed E-state index contributed by atoms with van der Waals surface area (Å²) in [5, 5.41) is 15.7. The van der Waals surface area contributed by atoms with E-state index in [-0.39, 0.29) is 5.91 Å². The summed E-state index contributed by atoms with van der Waals surface area (Å²) in [6, 6.07) is 2.07. The molecular formula is C10H14N4O. The van der Waals surface area contributed by atoms with E-state index in [0.29, 0.717) is 24.2 Å². The Hall–Kier alpha value is -1.83. The lowest BCUT2D eigenvalue weighted by atomic mass is 10.2. The van der Waals surface area contributed by atoms with Gasteiger partial charge in [0.15, 0.2) is 5.82 Å². The molecule has 0 saturated heterocycles. The number of hydrogen-bond donors (Lipinski definition) is 1. The van der Waals surface area contributed by atoms with E-state index in [0.717, 1.165) is 5.69 Å². The van der Waals surface area contributed by atoms with Gasteiger partial charge >= 0.3 is 0 Å². The van der Waals surface area contributed by atoms with Gasteiger partial charge in [-0.15, -0.1) is 0 Å². The highest BCUT2D eigenvalue weighted by atomic mass is 16.1. The van der Waals surface area contributed by atoms with Crippen molar-refractivity contribution in [2.75, 3.05) is 5.32 Å². The van der Waals surface area contributed by atoms with E-state index in [2.05, 4.69) is 16.5 Å². The molecule has 80 valence electrons. The maximum absolute atomic E-state index is 11.2. The minimum atomic E-state index is -0.132. The first kappa shape index (κ1) is 11.2. The third kappa shape index (κ3) is 2.15. The minimum absolute atomic E-state index is 0.132. The molecule has 5 nitrogen and oxygen atoms in total. The number of carbonyl (C=O) groups excluding carboxylic acids is 1. The maximum Gasteiger partial charge on any atom is 0.225 e. The van der Waals surface area contributed by atoms with Crippen molar-refractivity contribution in [1.29, 1.82) is 5.26 Å². The summed E-state index contributed by atoms with van der Waals surface area (Å²) >= 11 is 0. The second-order valence-corrected chi connectivity index (χ2v) is 3.16. The van der Waals surface area contributed by atoms with Crippen LogP contribution >= 0.6 is 0 Å². The Bertz CT molecular complexity index is 414. The predicted molar refractivity (Wildman–Crippen MR) is 56.2 cm³/mol. The Morgan fingerprint density at radius 1 is 1.60 bits per heavy atom. The zero-order valence-electron chi connectivity index (χ0n) is 9.16. The van der Waals surface area contributed by atoms with E-state index in [4.69, 9.17) is 5.26 Å². The van der Waals surface area contributed by atoms with Gasteiger partial charge in [-0.3, -0.25) is 9.48 Å². The van der Waals surface area contributed by atoms with Crippen LogP contribution in [0.25, 0.3) is 0 Å². The van der Waals surface area contributed by atoms with Crippen LogP contribution < -0.4 is 5.32 Å². The van der Waals surface area contributed by atoms with Crippen LogP contribution in [-0.2, 0) is 18.3 Å². The van der Waals surface area contributed by atoms with Gasteiger partial charge < -0.3 is 5.32 Å². The summed E-state index contributed by atoms with van der Waals surface area (Å²) < 4.78 is 1.63. The second kappa shape index (κ2) is 4.60. The van der Waals surface area contributed by atoms with Crippen molar-refractivity contribution in [1.82, 2.24) is 9.78 Å². The van der Waals surface area contributed by atoms with Crippen molar-refractivity contribution in [3.8, 4) is 6.07 Å². The molecule has 1 aromatic rings. The SMILES string of the molecule is CCC(=O)Nc1nn(C)c(CC)c1C#N. The minimum Gasteiger partial charge on any atom is -0.308 e. The van der Waals surface area contributed by atoms with Gasteiger partial charge in [-0.1, -0.05) is 13.8 Å². The number of rotatable bonds is 3. The summed E-state index contributed by atoms with van der Waals surface area (Å²) in [4.78, 5) is 11.2. The van der Waals surface area contributed by atoms with Crippen LogP contribution in [-0.4, -0.2) is 15.7 Å². The molecule has 1 N–H and O–H groups in total. The standard InChI is InChI=1S/C10H14N4O/c1-4-8-7(6-11)10(13-14(8)3)12-9(15)5-2/h4-5H2,1-3H3,(H,12,13,15). The van der Waals surface area contributed by atoms with Gasteiger partial charge in [0.25, 0.3) is 0 Å². The molecule has 5 heteroatoms. The molecular weight excluding hydrogens is 192 g/mol. The molecule has 1 amide bonds. The van der Waals surface area contributed by atoms with E-state index >= 15 is 0 Å². The average Bonchev–Trinajstić information content (AvgIpc) is 2.53. The van der Waals surface area contributed by atoms with Crippen molar-refractivity contribution >= 4 is 11.7 Å². The first-order valence-corrected chi connectivity index (χ1v) is 4.89. The topological polar surface area (TPSA) is 70.7 Å². The molecule has 0 aromatic carbocycles. The van der Waals surface area contributed by atoms with Gasteiger partial charge in [0.1, 0.15) is 11.6 Å². The first-order chi connectivity index (χ1) is 7.13. The van der Waals surface area contributed by atoms with Crippen LogP contribution in [0.1, 0.15) is 31.5 Å². The van der Waals surface area contributed by atoms with Crippen LogP contribution in [0.15, 0.2) is 0 Å². The molecule has 0 aliphatic carbocycles. The second-order valence-electron chi connectivity index (χ2n) is 3.16. The fraction of sp³-hybridized carbons (Fsp3) is 0.500. The number of aryl methyl sites for hydroxylation is 1. The van der Waals surface area contributed by atoms with Crippen molar-refractivity contribution < 1.29 is 4.79 Å². The molecule has 0 bridgehead atoms. The number of anilines is 1. The zero-order valence-corrected chi connectivity index (χ0v) is 9.16. The smallest absolute Gasteiger partial charge is 0.225 e. The van der Waals surface area contributed by atoms with Gasteiger partial charge in [0, 0.05) is 13.5 Å². The summed E-state index contributed by atoms with van der Waals surface area (Å²) in [5.74, 6) is 0.232. The van der Waals surface area contributed by atoms with Crippen molar-refractivity contribution in [3.05, 3.63) is 11.3 Å². The third-order valence-corrected chi connectivity index (χ3v) is 2.19. The fourth-order valence-corrected chi connectivity index (χ4v) is 1.39. The summed E-state index contributed by atoms with van der Waals surface area (Å²) in [7, 11) is 1.77. The molecule has 1 rings (SSSR count). The number of nitriles is 1. The number of nitrogens with zero attached hydrogens (tertiary/aromatic N) is 3. The Kier molecular flexibility index (Phi) is 3.45. The summed E-state index contributed by atoms with van der Waals surface area (Å²) in [6.07, 6.45) is 1.09. The Balaban J connectivity index is 3.09. The first-order valence-electron chi connectivity index (χ1n) is 4.89. The van der Waals surface area contributed by atoms with Gasteiger partial charge in [-0.05, 0) is 6.42 Å². The van der Waals surface area contributed by atoms with E-state index < -0.39 is 0 Å². The molecule has 15 heavy (non-hydrogen) atoms. The van der Waals surface area contributed by atoms with Crippen molar-refractivity contribution in [2.45, 2.75) is 26.7 Å². The number of nitrogens with one attached hydrogen (secondary N) is 1. The Morgan fingerprint density at radius 3 is 2.73 bits per heavy atom. The summed E-state index contributed by atoms with van der Waals surface area (Å²) in [6.45, 7) is 3.70. The van der Waals surface area contributed by atoms with Gasteiger partial charge in [-0.2, -0.15) is 10.4 Å². The van der Waals surface area contributed by atoms with E-state index in [9.17, 15) is 4.79 Å². The quantitative estimate of drug-likeness (QED) is 0.807. The molecule has 0 aliphatic heterocycles. The van der Waals surface area contributed by atoms with Gasteiger partial charge in [0.2, 0.25) is 5.91 Å². The number of aromatic nitrogens is 2. The Labute approximate surface area is 88.7 Å². The lowest BCUT2D eigenvalue weighted by Gasteiger charge is -1.98. The van der Waals surface area contributed by atoms with Gasteiger partial charge in [-0.25, -0.2) is 0 Å². The van der Waals surface area contributed by atoms with E-state index in [1.54, 1.807) is 18.7 Å². The van der Waals surface area contributed by atoms with Crippen molar-refractivity contribution in [3.63, 3.8) is 0 Å². The average molecular weight is 206 g/mol. The van der Waals surface area contributed by atoms with Crippen LogP contribution in [0.3, 0.4) is 0 Å². The van der Waals surface area contributed by atoms with Crippen molar-refractivity contribution in [2.24, 2.45) is 7.05 Å². The molecule has 0 saturated carbocycles. The molecule has 0 spiro atoms. The van der Waals surface area contributed by atoms with Crippen LogP contribution in [0, 0.1) is 11.3 Å². The molecule has 0 aliphatic rings. The molecule has 1 heterocycles. The number of amides is 1. The van der Waals surface area contributed by atoms with Gasteiger partial charge in [0.05, 0.1) is 5.69 Å². The third-order valence-electron chi connectivity index (χ3n) is 2.19. The molecule has 0 atom stereocenters. The highest BCUT2D eigenvalue weighted by Crippen LogP contribution is 2.18. The highest BCUT2D eigenvalue weighted by Gasteiger charge is 2.15. The number of hydrogen-bond acceptors (Lipinski definition) is 3. The summed E-state index contributed by atoms with van der Waals surface area (Å²) in [5.41, 5.74) is 1.30. The highest BCUT2D eigenvalue weighted by molar-refractivity contribution is 5.90. The van der Waals surface area contributed by atoms with Crippen LogP contribution in [0.5, 0.6) is 0 Å². The molecule has 0 radical (unpaired) electrons. The number of carbonyl (C=O) groups is 1. The van der Waals surface area contributed by atoms with Crippen LogP contribution in [0.2, 0.25) is 0 Å². The molecule has 0 fully saturated rings. The normalized spacial score (nSPS) is 9.73. The van der Waals surface area contributed by atoms with E-state index in [1.807, 2.05) is 6.92 Å². The van der Waals surface area contributed by atoms with E-state index in [1.165, 1.54) is 0 Å². The largest absolute Gasteiger partial charge is 0.308 e. The molecule has 1 aromatic heterocycles. The Morgan fingerprint density at radius 2 is 2.27 bits per heavy atom. The zero-order chi connectivity index (χ0) is 11.4. The van der Waals surface area contributed by atoms with Crippen LogP contribution in [0.4, 0.5) is 5.82 Å². The monoisotopic (exact) mass is 206 g/mol. The predicted octanol–water partition coefficient (Wildman–Crippen LogP) is 1.20. The lowest BCUT2D eigenvalue weighted by molar-refractivity contribution is -0.115. The molecule has 0 unspecified atom stereocenters. The lowest BCUT2D eigenvalue weighted by Crippen LogP contribution is -2.11. The maximum atomic E-state index is 11.2.